The van der Waals surface area contributed by atoms with Crippen molar-refractivity contribution in [2.24, 2.45) is 11.8 Å². The third kappa shape index (κ3) is 4.33. The van der Waals surface area contributed by atoms with Crippen molar-refractivity contribution >= 4 is 17.7 Å². The van der Waals surface area contributed by atoms with E-state index in [4.69, 9.17) is 0 Å². The zero-order chi connectivity index (χ0) is 14.6. The molecule has 0 radical (unpaired) electrons. The molecule has 1 N–H and O–H groups in total. The normalized spacial score (nSPS) is 19.7. The molecule has 0 aromatic heterocycles. The first kappa shape index (κ1) is 15.7. The zero-order valence-electron chi connectivity index (χ0n) is 12.2. The second-order valence-electron chi connectivity index (χ2n) is 5.76. The summed E-state index contributed by atoms with van der Waals surface area (Å²) in [6.07, 6.45) is 1.19. The molecule has 19 heavy (non-hydrogen) atoms. The number of carbonyl (C=O) groups is 3. The van der Waals surface area contributed by atoms with Crippen LogP contribution >= 0.6 is 0 Å². The number of likely N-dealkylation sites (tertiary alicyclic amines) is 1. The van der Waals surface area contributed by atoms with Crippen LogP contribution in [0.5, 0.6) is 0 Å². The Morgan fingerprint density at radius 3 is 2.42 bits per heavy atom. The van der Waals surface area contributed by atoms with Crippen molar-refractivity contribution < 1.29 is 14.4 Å². The van der Waals surface area contributed by atoms with E-state index in [0.29, 0.717) is 25.8 Å². The van der Waals surface area contributed by atoms with E-state index >= 15 is 0 Å². The average molecular weight is 268 g/mol. The summed E-state index contributed by atoms with van der Waals surface area (Å²) in [6, 6.07) is 0.118. The number of amides is 3. The largest absolute Gasteiger partial charge is 0.354 e. The summed E-state index contributed by atoms with van der Waals surface area (Å²) in [5, 5.41) is 2.79. The summed E-state index contributed by atoms with van der Waals surface area (Å²) >= 11 is 0. The van der Waals surface area contributed by atoms with Crippen molar-refractivity contribution in [2.75, 3.05) is 6.54 Å². The van der Waals surface area contributed by atoms with Gasteiger partial charge in [0.2, 0.25) is 17.7 Å². The number of nitrogens with one attached hydrogen (secondary N) is 1. The van der Waals surface area contributed by atoms with Gasteiger partial charge in [0.1, 0.15) is 0 Å². The highest BCUT2D eigenvalue weighted by molar-refractivity contribution is 6.03. The van der Waals surface area contributed by atoms with E-state index < -0.39 is 0 Å². The lowest BCUT2D eigenvalue weighted by Crippen LogP contribution is -2.34. The molecule has 0 aromatic rings. The van der Waals surface area contributed by atoms with Crippen LogP contribution < -0.4 is 5.32 Å². The minimum Gasteiger partial charge on any atom is -0.354 e. The maximum absolute atomic E-state index is 12.0. The molecule has 0 aromatic carbocycles. The molecule has 1 unspecified atom stereocenters. The fraction of sp³-hybridized carbons (Fsp3) is 0.786. The first-order chi connectivity index (χ1) is 8.82. The molecule has 1 atom stereocenters. The van der Waals surface area contributed by atoms with Gasteiger partial charge in [0.15, 0.2) is 0 Å². The van der Waals surface area contributed by atoms with Crippen molar-refractivity contribution in [3.05, 3.63) is 0 Å². The quantitative estimate of drug-likeness (QED) is 0.739. The van der Waals surface area contributed by atoms with E-state index in [0.717, 1.165) is 0 Å². The highest BCUT2D eigenvalue weighted by Gasteiger charge is 2.39. The van der Waals surface area contributed by atoms with Gasteiger partial charge in [-0.25, -0.2) is 0 Å². The lowest BCUT2D eigenvalue weighted by molar-refractivity contribution is -0.140. The molecule has 3 amide bonds. The summed E-state index contributed by atoms with van der Waals surface area (Å²) in [4.78, 5) is 36.5. The Labute approximate surface area is 114 Å². The fourth-order valence-corrected chi connectivity index (χ4v) is 2.26. The smallest absolute Gasteiger partial charge is 0.233 e. The van der Waals surface area contributed by atoms with E-state index in [2.05, 4.69) is 5.32 Å². The Morgan fingerprint density at radius 1 is 1.32 bits per heavy atom. The molecule has 0 saturated carbocycles. The van der Waals surface area contributed by atoms with Crippen LogP contribution in [0.2, 0.25) is 0 Å². The topological polar surface area (TPSA) is 66.5 Å². The van der Waals surface area contributed by atoms with E-state index in [1.807, 2.05) is 27.7 Å². The third-order valence-corrected chi connectivity index (χ3v) is 3.32. The molecule has 1 saturated heterocycles. The molecular weight excluding hydrogens is 244 g/mol. The predicted octanol–water partition coefficient (Wildman–Crippen LogP) is 1.32. The molecule has 1 heterocycles. The molecule has 5 nitrogen and oxygen atoms in total. The molecule has 5 heteroatoms. The second-order valence-corrected chi connectivity index (χ2v) is 5.76. The first-order valence-corrected chi connectivity index (χ1v) is 6.96. The molecule has 1 aliphatic rings. The van der Waals surface area contributed by atoms with Crippen LogP contribution in [-0.2, 0) is 14.4 Å². The minimum atomic E-state index is -0.183. The fourth-order valence-electron chi connectivity index (χ4n) is 2.26. The number of rotatable bonds is 6. The van der Waals surface area contributed by atoms with Crippen LogP contribution in [0.3, 0.4) is 0 Å². The number of nitrogens with zero attached hydrogens (tertiary/aromatic N) is 1. The standard InChI is InChI=1S/C14H24N2O3/c1-9(2)11-8-13(18)16(14(11)19)7-5-6-12(17)15-10(3)4/h9-11H,5-8H2,1-4H3,(H,15,17). The molecular formula is C14H24N2O3. The van der Waals surface area contributed by atoms with Crippen LogP contribution in [0.4, 0.5) is 0 Å². The van der Waals surface area contributed by atoms with Gasteiger partial charge in [-0.15, -0.1) is 0 Å². The Kier molecular flexibility index (Phi) is 5.51. The van der Waals surface area contributed by atoms with Crippen molar-refractivity contribution in [1.82, 2.24) is 10.2 Å². The van der Waals surface area contributed by atoms with Gasteiger partial charge in [0.05, 0.1) is 0 Å². The van der Waals surface area contributed by atoms with Gasteiger partial charge in [0.25, 0.3) is 0 Å². The average Bonchev–Trinajstić information content (AvgIpc) is 2.55. The van der Waals surface area contributed by atoms with Gasteiger partial charge in [-0.05, 0) is 26.2 Å². The molecule has 1 fully saturated rings. The first-order valence-electron chi connectivity index (χ1n) is 6.96. The third-order valence-electron chi connectivity index (χ3n) is 3.32. The van der Waals surface area contributed by atoms with Gasteiger partial charge in [-0.3, -0.25) is 19.3 Å². The summed E-state index contributed by atoms with van der Waals surface area (Å²) in [5.74, 6) is -0.213. The second kappa shape index (κ2) is 6.68. The van der Waals surface area contributed by atoms with E-state index in [-0.39, 0.29) is 35.6 Å². The predicted molar refractivity (Wildman–Crippen MR) is 72.2 cm³/mol. The highest BCUT2D eigenvalue weighted by Crippen LogP contribution is 2.26. The molecule has 1 aliphatic heterocycles. The maximum atomic E-state index is 12.0. The van der Waals surface area contributed by atoms with E-state index in [9.17, 15) is 14.4 Å². The summed E-state index contributed by atoms with van der Waals surface area (Å²) < 4.78 is 0. The van der Waals surface area contributed by atoms with E-state index in [1.165, 1.54) is 4.90 Å². The summed E-state index contributed by atoms with van der Waals surface area (Å²) in [5.41, 5.74) is 0. The van der Waals surface area contributed by atoms with Crippen LogP contribution in [0.25, 0.3) is 0 Å². The van der Waals surface area contributed by atoms with Gasteiger partial charge < -0.3 is 5.32 Å². The van der Waals surface area contributed by atoms with Crippen LogP contribution in [-0.4, -0.2) is 35.2 Å². The lowest BCUT2D eigenvalue weighted by Gasteiger charge is -2.16. The zero-order valence-corrected chi connectivity index (χ0v) is 12.2. The van der Waals surface area contributed by atoms with Gasteiger partial charge in [-0.2, -0.15) is 0 Å². The van der Waals surface area contributed by atoms with Crippen LogP contribution in [0, 0.1) is 11.8 Å². The molecule has 108 valence electrons. The number of hydrogen-bond donors (Lipinski definition) is 1. The Morgan fingerprint density at radius 2 is 1.95 bits per heavy atom. The van der Waals surface area contributed by atoms with Crippen molar-refractivity contribution in [3.63, 3.8) is 0 Å². The molecule has 0 bridgehead atoms. The molecule has 0 aliphatic carbocycles. The Bertz CT molecular complexity index is 364. The number of imide groups is 1. The summed E-state index contributed by atoms with van der Waals surface area (Å²) in [6.45, 7) is 8.06. The minimum absolute atomic E-state index is 0.0329. The highest BCUT2D eigenvalue weighted by atomic mass is 16.2. The number of hydrogen-bond acceptors (Lipinski definition) is 3. The lowest BCUT2D eigenvalue weighted by atomic mass is 9.94. The van der Waals surface area contributed by atoms with Crippen molar-refractivity contribution in [1.29, 1.82) is 0 Å². The number of carbonyl (C=O) groups excluding carboxylic acids is 3. The molecule has 0 spiro atoms. The van der Waals surface area contributed by atoms with Crippen LogP contribution in [0.1, 0.15) is 47.0 Å². The molecule has 1 rings (SSSR count). The van der Waals surface area contributed by atoms with E-state index in [1.54, 1.807) is 0 Å². The Hall–Kier alpha value is -1.39. The SMILES string of the molecule is CC(C)NC(=O)CCCN1C(=O)CC(C(C)C)C1=O. The van der Waals surface area contributed by atoms with Crippen molar-refractivity contribution in [3.8, 4) is 0 Å². The summed E-state index contributed by atoms with van der Waals surface area (Å²) in [7, 11) is 0. The van der Waals surface area contributed by atoms with Gasteiger partial charge in [0, 0.05) is 31.3 Å². The maximum Gasteiger partial charge on any atom is 0.233 e. The van der Waals surface area contributed by atoms with Crippen LogP contribution in [0.15, 0.2) is 0 Å². The van der Waals surface area contributed by atoms with Gasteiger partial charge >= 0.3 is 0 Å². The Balaban J connectivity index is 2.39. The van der Waals surface area contributed by atoms with Gasteiger partial charge in [-0.1, -0.05) is 13.8 Å². The van der Waals surface area contributed by atoms with Crippen molar-refractivity contribution in [2.45, 2.75) is 53.0 Å². The monoisotopic (exact) mass is 268 g/mol.